The summed E-state index contributed by atoms with van der Waals surface area (Å²) in [7, 11) is 0. The summed E-state index contributed by atoms with van der Waals surface area (Å²) < 4.78 is 11.0. The average Bonchev–Trinajstić information content (AvgIpc) is 2.14. The van der Waals surface area contributed by atoms with E-state index in [1.54, 1.807) is 6.07 Å². The summed E-state index contributed by atoms with van der Waals surface area (Å²) in [4.78, 5) is 11.4. The van der Waals surface area contributed by atoms with Crippen molar-refractivity contribution in [3.63, 3.8) is 0 Å². The third kappa shape index (κ3) is 2.42. The lowest BCUT2D eigenvalue weighted by atomic mass is 10.0. The molecule has 3 heteroatoms. The fourth-order valence-corrected chi connectivity index (χ4v) is 1.80. The summed E-state index contributed by atoms with van der Waals surface area (Å²) in [6.45, 7) is 5.95. The Hall–Kier alpha value is -1.35. The number of carbonyl (C=O) groups excluding carboxylic acids is 1. The molecule has 1 heterocycles. The highest BCUT2D eigenvalue weighted by Crippen LogP contribution is 2.36. The van der Waals surface area contributed by atoms with Crippen molar-refractivity contribution in [3.8, 4) is 5.75 Å². The van der Waals surface area contributed by atoms with E-state index in [0.29, 0.717) is 5.75 Å². The Morgan fingerprint density at radius 2 is 2.00 bits per heavy atom. The third-order valence-corrected chi connectivity index (χ3v) is 2.34. The summed E-state index contributed by atoms with van der Waals surface area (Å²) in [6.07, 6.45) is 0.0892. The van der Waals surface area contributed by atoms with E-state index in [1.165, 1.54) is 0 Å². The predicted octanol–water partition coefficient (Wildman–Crippen LogP) is 2.85. The molecule has 0 N–H and O–H groups in total. The maximum atomic E-state index is 11.4. The van der Waals surface area contributed by atoms with Gasteiger partial charge >= 0.3 is 5.97 Å². The quantitative estimate of drug-likeness (QED) is 0.539. The van der Waals surface area contributed by atoms with Gasteiger partial charge in [-0.25, -0.2) is 0 Å². The van der Waals surface area contributed by atoms with Gasteiger partial charge in [0.2, 0.25) is 0 Å². The fraction of sp³-hybridized carbons (Fsp3) is 0.462. The zero-order valence-corrected chi connectivity index (χ0v) is 9.82. The Morgan fingerprint density at radius 3 is 2.69 bits per heavy atom. The van der Waals surface area contributed by atoms with Gasteiger partial charge in [0, 0.05) is 5.56 Å². The first-order chi connectivity index (χ1) is 7.46. The van der Waals surface area contributed by atoms with Crippen LogP contribution in [0.4, 0.5) is 0 Å². The summed E-state index contributed by atoms with van der Waals surface area (Å²) in [5.41, 5.74) is 0.687. The minimum Gasteiger partial charge on any atom is -0.426 e. The van der Waals surface area contributed by atoms with Crippen molar-refractivity contribution < 1.29 is 14.3 Å². The van der Waals surface area contributed by atoms with Gasteiger partial charge in [0.15, 0.2) is 0 Å². The normalized spacial score (nSPS) is 20.2. The van der Waals surface area contributed by atoms with Crippen LogP contribution in [0.3, 0.4) is 0 Å². The van der Waals surface area contributed by atoms with Crippen molar-refractivity contribution in [3.05, 3.63) is 29.8 Å². The van der Waals surface area contributed by atoms with Gasteiger partial charge < -0.3 is 9.47 Å². The molecule has 0 aliphatic carbocycles. The van der Waals surface area contributed by atoms with Crippen molar-refractivity contribution in [2.45, 2.75) is 38.9 Å². The van der Waals surface area contributed by atoms with Crippen LogP contribution >= 0.6 is 0 Å². The molecule has 0 saturated heterocycles. The smallest absolute Gasteiger partial charge is 0.314 e. The molecule has 0 fully saturated rings. The molecule has 1 atom stereocenters. The summed E-state index contributed by atoms with van der Waals surface area (Å²) >= 11 is 0. The van der Waals surface area contributed by atoms with Gasteiger partial charge in [-0.3, -0.25) is 4.79 Å². The number of hydrogen-bond donors (Lipinski definition) is 0. The molecule has 0 radical (unpaired) electrons. The number of ether oxygens (including phenoxy) is 2. The zero-order chi connectivity index (χ0) is 11.8. The van der Waals surface area contributed by atoms with E-state index in [1.807, 2.05) is 39.0 Å². The largest absolute Gasteiger partial charge is 0.426 e. The highest BCUT2D eigenvalue weighted by atomic mass is 16.6. The molecule has 0 amide bonds. The van der Waals surface area contributed by atoms with Gasteiger partial charge in [0.1, 0.15) is 5.75 Å². The number of benzene rings is 1. The number of carbonyl (C=O) groups is 1. The van der Waals surface area contributed by atoms with Crippen molar-refractivity contribution >= 4 is 5.97 Å². The van der Waals surface area contributed by atoms with E-state index in [9.17, 15) is 4.79 Å². The number of fused-ring (bicyclic) bond motifs is 1. The van der Waals surface area contributed by atoms with Gasteiger partial charge in [0.05, 0.1) is 18.1 Å². The van der Waals surface area contributed by atoms with Gasteiger partial charge in [0.25, 0.3) is 0 Å². The first-order valence-electron chi connectivity index (χ1n) is 5.43. The monoisotopic (exact) mass is 220 g/mol. The first-order valence-corrected chi connectivity index (χ1v) is 5.43. The minimum atomic E-state index is -0.268. The molecule has 1 unspecified atom stereocenters. The molecule has 0 aromatic heterocycles. The zero-order valence-electron chi connectivity index (χ0n) is 9.82. The van der Waals surface area contributed by atoms with Crippen LogP contribution in [0.15, 0.2) is 24.3 Å². The molecule has 1 aromatic carbocycles. The Balaban J connectivity index is 2.30. The summed E-state index contributed by atoms with van der Waals surface area (Å²) in [6, 6.07) is 7.52. The second-order valence-corrected chi connectivity index (χ2v) is 4.93. The van der Waals surface area contributed by atoms with Crippen LogP contribution in [0.2, 0.25) is 0 Å². The van der Waals surface area contributed by atoms with Crippen molar-refractivity contribution in [1.82, 2.24) is 0 Å². The number of rotatable bonds is 1. The van der Waals surface area contributed by atoms with Gasteiger partial charge in [-0.1, -0.05) is 18.2 Å². The summed E-state index contributed by atoms with van der Waals surface area (Å²) in [5.74, 6) is 0.390. The molecule has 16 heavy (non-hydrogen) atoms. The molecule has 1 aliphatic heterocycles. The topological polar surface area (TPSA) is 35.5 Å². The maximum Gasteiger partial charge on any atom is 0.314 e. The van der Waals surface area contributed by atoms with Crippen LogP contribution < -0.4 is 4.74 Å². The molecule has 2 rings (SSSR count). The van der Waals surface area contributed by atoms with Crippen LogP contribution in [0.25, 0.3) is 0 Å². The molecular formula is C13H16O3. The van der Waals surface area contributed by atoms with Crippen LogP contribution in [-0.2, 0) is 9.53 Å². The van der Waals surface area contributed by atoms with Crippen LogP contribution in [0.5, 0.6) is 5.75 Å². The van der Waals surface area contributed by atoms with Gasteiger partial charge in [-0.2, -0.15) is 0 Å². The van der Waals surface area contributed by atoms with E-state index in [-0.39, 0.29) is 24.1 Å². The van der Waals surface area contributed by atoms with E-state index >= 15 is 0 Å². The molecule has 0 bridgehead atoms. The fourth-order valence-electron chi connectivity index (χ4n) is 1.80. The summed E-state index contributed by atoms with van der Waals surface area (Å²) in [5, 5.41) is 0. The number of esters is 1. The average molecular weight is 220 g/mol. The molecule has 3 nitrogen and oxygen atoms in total. The second kappa shape index (κ2) is 3.91. The Labute approximate surface area is 95.4 Å². The van der Waals surface area contributed by atoms with E-state index in [0.717, 1.165) is 5.56 Å². The molecule has 86 valence electrons. The van der Waals surface area contributed by atoms with E-state index in [4.69, 9.17) is 9.47 Å². The maximum absolute atomic E-state index is 11.4. The molecule has 0 saturated carbocycles. The molecule has 1 aliphatic rings. The minimum absolute atomic E-state index is 0.197. The third-order valence-electron chi connectivity index (χ3n) is 2.34. The number of para-hydroxylation sites is 1. The van der Waals surface area contributed by atoms with Gasteiger partial charge in [-0.15, -0.1) is 0 Å². The van der Waals surface area contributed by atoms with Crippen molar-refractivity contribution in [1.29, 1.82) is 0 Å². The Bertz CT molecular complexity index is 404. The van der Waals surface area contributed by atoms with Crippen molar-refractivity contribution in [2.75, 3.05) is 0 Å². The molecule has 0 spiro atoms. The SMILES string of the molecule is CC(C)(C)OC1CC(=O)Oc2ccccc21. The Morgan fingerprint density at radius 1 is 1.31 bits per heavy atom. The molecular weight excluding hydrogens is 204 g/mol. The highest BCUT2D eigenvalue weighted by molar-refractivity contribution is 5.76. The van der Waals surface area contributed by atoms with Gasteiger partial charge in [-0.05, 0) is 26.8 Å². The lowest BCUT2D eigenvalue weighted by Crippen LogP contribution is -2.28. The standard InChI is InChI=1S/C13H16O3/c1-13(2,3)16-11-8-12(14)15-10-7-5-4-6-9(10)11/h4-7,11H,8H2,1-3H3. The van der Waals surface area contributed by atoms with Crippen LogP contribution in [0, 0.1) is 0 Å². The van der Waals surface area contributed by atoms with E-state index in [2.05, 4.69) is 0 Å². The van der Waals surface area contributed by atoms with Crippen molar-refractivity contribution in [2.24, 2.45) is 0 Å². The molecule has 1 aromatic rings. The highest BCUT2D eigenvalue weighted by Gasteiger charge is 2.30. The first kappa shape index (κ1) is 11.1. The van der Waals surface area contributed by atoms with Crippen LogP contribution in [0.1, 0.15) is 38.9 Å². The predicted molar refractivity (Wildman–Crippen MR) is 60.3 cm³/mol. The second-order valence-electron chi connectivity index (χ2n) is 4.93. The van der Waals surface area contributed by atoms with Crippen LogP contribution in [-0.4, -0.2) is 11.6 Å². The van der Waals surface area contributed by atoms with E-state index < -0.39 is 0 Å². The Kier molecular flexibility index (Phi) is 2.72. The lowest BCUT2D eigenvalue weighted by Gasteiger charge is -2.30. The lowest BCUT2D eigenvalue weighted by molar-refractivity contribution is -0.144. The number of hydrogen-bond acceptors (Lipinski definition) is 3.